The fourth-order valence-electron chi connectivity index (χ4n) is 1.92. The summed E-state index contributed by atoms with van der Waals surface area (Å²) in [7, 11) is 1.52. The Kier molecular flexibility index (Phi) is 3.80. The van der Waals surface area contributed by atoms with Crippen LogP contribution >= 0.6 is 0 Å². The Balaban J connectivity index is 2.49. The fourth-order valence-corrected chi connectivity index (χ4v) is 1.92. The van der Waals surface area contributed by atoms with Gasteiger partial charge in [0.05, 0.1) is 13.5 Å². The van der Waals surface area contributed by atoms with Gasteiger partial charge < -0.3 is 9.84 Å². The van der Waals surface area contributed by atoms with Gasteiger partial charge in [0.2, 0.25) is 0 Å². The molecule has 0 saturated carbocycles. The molecular weight excluding hydrogens is 247 g/mol. The zero-order valence-corrected chi connectivity index (χ0v) is 10.4. The van der Waals surface area contributed by atoms with Crippen LogP contribution in [0, 0.1) is 5.82 Å². The van der Waals surface area contributed by atoms with Gasteiger partial charge in [-0.1, -0.05) is 18.2 Å². The van der Waals surface area contributed by atoms with Crippen LogP contribution in [0.2, 0.25) is 0 Å². The molecule has 0 aliphatic carbocycles. The van der Waals surface area contributed by atoms with E-state index in [-0.39, 0.29) is 12.2 Å². The molecule has 2 aromatic carbocycles. The molecule has 0 saturated heterocycles. The number of carboxylic acid groups (broad SMARTS) is 1. The standard InChI is InChI=1S/C15H13FO3/c1-19-14-6-5-10(8-15(17)18)7-13(14)11-3-2-4-12(16)9-11/h2-7,9H,8H2,1H3,(H,17,18). The van der Waals surface area contributed by atoms with Crippen LogP contribution in [0.3, 0.4) is 0 Å². The Morgan fingerprint density at radius 1 is 1.26 bits per heavy atom. The Morgan fingerprint density at radius 3 is 2.68 bits per heavy atom. The molecule has 2 aromatic rings. The number of hydrogen-bond acceptors (Lipinski definition) is 2. The summed E-state index contributed by atoms with van der Waals surface area (Å²) in [4.78, 5) is 10.7. The smallest absolute Gasteiger partial charge is 0.307 e. The van der Waals surface area contributed by atoms with E-state index < -0.39 is 5.97 Å². The molecule has 4 heteroatoms. The number of methoxy groups -OCH3 is 1. The number of ether oxygens (including phenoxy) is 1. The second kappa shape index (κ2) is 5.52. The Labute approximate surface area is 110 Å². The van der Waals surface area contributed by atoms with E-state index in [4.69, 9.17) is 9.84 Å². The summed E-state index contributed by atoms with van der Waals surface area (Å²) < 4.78 is 18.5. The van der Waals surface area contributed by atoms with Crippen LogP contribution in [-0.2, 0) is 11.2 Å². The van der Waals surface area contributed by atoms with Gasteiger partial charge in [-0.05, 0) is 35.4 Å². The maximum atomic E-state index is 13.3. The number of aliphatic carboxylic acids is 1. The molecule has 0 spiro atoms. The Morgan fingerprint density at radius 2 is 2.05 bits per heavy atom. The minimum Gasteiger partial charge on any atom is -0.496 e. The lowest BCUT2D eigenvalue weighted by Gasteiger charge is -2.10. The highest BCUT2D eigenvalue weighted by Crippen LogP contribution is 2.31. The number of benzene rings is 2. The Bertz CT molecular complexity index is 608. The molecule has 98 valence electrons. The lowest BCUT2D eigenvalue weighted by molar-refractivity contribution is -0.136. The summed E-state index contributed by atoms with van der Waals surface area (Å²) in [6, 6.07) is 11.2. The number of halogens is 1. The van der Waals surface area contributed by atoms with E-state index in [1.807, 2.05) is 0 Å². The quantitative estimate of drug-likeness (QED) is 0.918. The van der Waals surface area contributed by atoms with Crippen molar-refractivity contribution in [1.29, 1.82) is 0 Å². The van der Waals surface area contributed by atoms with E-state index in [0.717, 1.165) is 0 Å². The molecule has 19 heavy (non-hydrogen) atoms. The predicted molar refractivity (Wildman–Crippen MR) is 69.7 cm³/mol. The summed E-state index contributed by atoms with van der Waals surface area (Å²) in [6.07, 6.45) is -0.0771. The molecular formula is C15H13FO3. The molecule has 0 bridgehead atoms. The van der Waals surface area contributed by atoms with Crippen LogP contribution in [0.1, 0.15) is 5.56 Å². The lowest BCUT2D eigenvalue weighted by Crippen LogP contribution is -2.00. The van der Waals surface area contributed by atoms with Gasteiger partial charge in [0, 0.05) is 5.56 Å². The van der Waals surface area contributed by atoms with Crippen LogP contribution in [0.25, 0.3) is 11.1 Å². The maximum absolute atomic E-state index is 13.3. The highest BCUT2D eigenvalue weighted by Gasteiger charge is 2.09. The van der Waals surface area contributed by atoms with E-state index in [2.05, 4.69) is 0 Å². The molecule has 3 nitrogen and oxygen atoms in total. The SMILES string of the molecule is COc1ccc(CC(=O)O)cc1-c1cccc(F)c1. The molecule has 0 radical (unpaired) electrons. The van der Waals surface area contributed by atoms with E-state index in [1.54, 1.807) is 30.3 Å². The molecule has 1 N–H and O–H groups in total. The van der Waals surface area contributed by atoms with Crippen LogP contribution in [0.4, 0.5) is 4.39 Å². The summed E-state index contributed by atoms with van der Waals surface area (Å²) in [5.74, 6) is -0.668. The van der Waals surface area contributed by atoms with Crippen molar-refractivity contribution in [3.8, 4) is 16.9 Å². The van der Waals surface area contributed by atoms with Crippen molar-refractivity contribution < 1.29 is 19.0 Å². The Hall–Kier alpha value is -2.36. The molecule has 0 amide bonds. The zero-order valence-electron chi connectivity index (χ0n) is 10.4. The summed E-state index contributed by atoms with van der Waals surface area (Å²) in [5, 5.41) is 8.81. The summed E-state index contributed by atoms with van der Waals surface area (Å²) >= 11 is 0. The molecule has 2 rings (SSSR count). The predicted octanol–water partition coefficient (Wildman–Crippen LogP) is 3.13. The topological polar surface area (TPSA) is 46.5 Å². The minimum atomic E-state index is -0.907. The molecule has 0 aliphatic rings. The first-order valence-electron chi connectivity index (χ1n) is 5.75. The third-order valence-electron chi connectivity index (χ3n) is 2.75. The minimum absolute atomic E-state index is 0.0771. The van der Waals surface area contributed by atoms with Crippen molar-refractivity contribution in [3.05, 3.63) is 53.8 Å². The van der Waals surface area contributed by atoms with Gasteiger partial charge >= 0.3 is 5.97 Å². The van der Waals surface area contributed by atoms with E-state index in [9.17, 15) is 9.18 Å². The lowest BCUT2D eigenvalue weighted by atomic mass is 10.0. The average Bonchev–Trinajstić information content (AvgIpc) is 2.38. The summed E-state index contributed by atoms with van der Waals surface area (Å²) in [6.45, 7) is 0. The molecule has 0 heterocycles. The van der Waals surface area contributed by atoms with Gasteiger partial charge in [-0.2, -0.15) is 0 Å². The van der Waals surface area contributed by atoms with Crippen molar-refractivity contribution in [1.82, 2.24) is 0 Å². The highest BCUT2D eigenvalue weighted by molar-refractivity contribution is 5.75. The normalized spacial score (nSPS) is 10.2. The molecule has 0 fully saturated rings. The largest absolute Gasteiger partial charge is 0.496 e. The first-order valence-corrected chi connectivity index (χ1v) is 5.75. The van der Waals surface area contributed by atoms with Crippen LogP contribution < -0.4 is 4.74 Å². The molecule has 0 aromatic heterocycles. The molecule has 0 aliphatic heterocycles. The van der Waals surface area contributed by atoms with Crippen LogP contribution in [0.15, 0.2) is 42.5 Å². The van der Waals surface area contributed by atoms with Crippen molar-refractivity contribution in [2.24, 2.45) is 0 Å². The van der Waals surface area contributed by atoms with Crippen molar-refractivity contribution in [2.75, 3.05) is 7.11 Å². The van der Waals surface area contributed by atoms with E-state index in [1.165, 1.54) is 19.2 Å². The van der Waals surface area contributed by atoms with Gasteiger partial charge in [-0.25, -0.2) is 4.39 Å². The fraction of sp³-hybridized carbons (Fsp3) is 0.133. The van der Waals surface area contributed by atoms with Crippen molar-refractivity contribution in [3.63, 3.8) is 0 Å². The van der Waals surface area contributed by atoms with Gasteiger partial charge in [-0.15, -0.1) is 0 Å². The van der Waals surface area contributed by atoms with E-state index >= 15 is 0 Å². The first-order chi connectivity index (χ1) is 9.10. The van der Waals surface area contributed by atoms with Gasteiger partial charge in [0.25, 0.3) is 0 Å². The van der Waals surface area contributed by atoms with Gasteiger partial charge in [-0.3, -0.25) is 4.79 Å². The average molecular weight is 260 g/mol. The van der Waals surface area contributed by atoms with E-state index in [0.29, 0.717) is 22.4 Å². The maximum Gasteiger partial charge on any atom is 0.307 e. The zero-order chi connectivity index (χ0) is 13.8. The van der Waals surface area contributed by atoms with Crippen molar-refractivity contribution >= 4 is 5.97 Å². The van der Waals surface area contributed by atoms with Crippen LogP contribution in [0.5, 0.6) is 5.75 Å². The van der Waals surface area contributed by atoms with Crippen LogP contribution in [-0.4, -0.2) is 18.2 Å². The first kappa shape index (κ1) is 13.1. The van der Waals surface area contributed by atoms with Crippen molar-refractivity contribution in [2.45, 2.75) is 6.42 Å². The number of rotatable bonds is 4. The number of carbonyl (C=O) groups is 1. The third-order valence-corrected chi connectivity index (χ3v) is 2.75. The number of hydrogen-bond donors (Lipinski definition) is 1. The third kappa shape index (κ3) is 3.10. The molecule has 0 unspecified atom stereocenters. The number of carboxylic acids is 1. The second-order valence-electron chi connectivity index (χ2n) is 4.12. The summed E-state index contributed by atoms with van der Waals surface area (Å²) in [5.41, 5.74) is 1.98. The molecule has 0 atom stereocenters. The second-order valence-corrected chi connectivity index (χ2v) is 4.12. The monoisotopic (exact) mass is 260 g/mol. The highest BCUT2D eigenvalue weighted by atomic mass is 19.1. The van der Waals surface area contributed by atoms with Gasteiger partial charge in [0.15, 0.2) is 0 Å². The van der Waals surface area contributed by atoms with Gasteiger partial charge in [0.1, 0.15) is 11.6 Å².